The molecular formula is C47H42FN5O2. The van der Waals surface area contributed by atoms with Crippen LogP contribution in [0.5, 0.6) is 0 Å². The smallest absolute Gasteiger partial charge is 0.251 e. The van der Waals surface area contributed by atoms with Gasteiger partial charge in [-0.05, 0) is 97.7 Å². The van der Waals surface area contributed by atoms with E-state index in [4.69, 9.17) is 5.10 Å². The van der Waals surface area contributed by atoms with Crippen LogP contribution in [0.25, 0.3) is 22.2 Å². The quantitative estimate of drug-likeness (QED) is 0.103. The minimum absolute atomic E-state index is 0.218. The zero-order chi connectivity index (χ0) is 37.8. The summed E-state index contributed by atoms with van der Waals surface area (Å²) < 4.78 is 16.9. The van der Waals surface area contributed by atoms with Crippen molar-refractivity contribution in [2.45, 2.75) is 56.1 Å². The first kappa shape index (κ1) is 35.6. The number of carbonyl (C=O) groups excluding carboxylic acids is 2. The number of nitrogens with zero attached hydrogens (tertiary/aromatic N) is 3. The van der Waals surface area contributed by atoms with E-state index in [2.05, 4.69) is 93.1 Å². The molecule has 55 heavy (non-hydrogen) atoms. The van der Waals surface area contributed by atoms with E-state index in [9.17, 15) is 14.0 Å². The molecule has 2 N–H and O–H groups in total. The Labute approximate surface area is 320 Å². The summed E-state index contributed by atoms with van der Waals surface area (Å²) in [5, 5.41) is 12.6. The largest absolute Gasteiger partial charge is 0.353 e. The van der Waals surface area contributed by atoms with Crippen LogP contribution in [0.2, 0.25) is 0 Å². The van der Waals surface area contributed by atoms with Crippen molar-refractivity contribution in [2.75, 3.05) is 0 Å². The van der Waals surface area contributed by atoms with Gasteiger partial charge in [0.25, 0.3) is 5.91 Å². The Kier molecular flexibility index (Phi) is 9.81. The monoisotopic (exact) mass is 727 g/mol. The van der Waals surface area contributed by atoms with Crippen molar-refractivity contribution in [3.05, 3.63) is 191 Å². The Hall–Kier alpha value is -6.41. The number of aromatic nitrogens is 3. The van der Waals surface area contributed by atoms with Crippen LogP contribution in [0.1, 0.15) is 64.0 Å². The van der Waals surface area contributed by atoms with Crippen molar-refractivity contribution >= 4 is 23.2 Å². The molecular weight excluding hydrogens is 686 g/mol. The minimum Gasteiger partial charge on any atom is -0.353 e. The maximum Gasteiger partial charge on any atom is 0.251 e. The first-order valence-corrected chi connectivity index (χ1v) is 18.8. The fraction of sp³-hybridized carbons (Fsp3) is 0.191. The van der Waals surface area contributed by atoms with Crippen LogP contribution in [-0.4, -0.2) is 38.7 Å². The molecule has 1 aliphatic carbocycles. The third kappa shape index (κ3) is 6.80. The number of pyridine rings is 1. The molecule has 2 atom stereocenters. The standard InChI is InChI=1S/C47H42FN5O2/c1-33-28-34(25-27-49-33)44-41-29-35(45(55)51-40-21-13-26-46(31-40,50-32-54)30-36-14-11-12-22-42(36)48)23-24-43(41)53(52-44)47(37-15-5-2-6-16-37,38-17-7-3-8-18-38)39-19-9-4-10-20-39/h2-12,14-20,22-25,27-29,32,40H,13,21,26,30-31H2,1H3,(H,50,54)(H,51,55)/t40-,46-/m1/s1. The lowest BCUT2D eigenvalue weighted by atomic mass is 9.75. The van der Waals surface area contributed by atoms with Gasteiger partial charge < -0.3 is 10.6 Å². The maximum atomic E-state index is 14.8. The first-order valence-electron chi connectivity index (χ1n) is 18.8. The van der Waals surface area contributed by atoms with Crippen molar-refractivity contribution in [2.24, 2.45) is 0 Å². The summed E-state index contributed by atoms with van der Waals surface area (Å²) in [5.41, 5.74) is 5.95. The van der Waals surface area contributed by atoms with Crippen LogP contribution in [0, 0.1) is 12.7 Å². The number of carbonyl (C=O) groups is 2. The van der Waals surface area contributed by atoms with Gasteiger partial charge in [0.1, 0.15) is 17.1 Å². The SMILES string of the molecule is Cc1cc(-c2nn(C(c3ccccc3)(c3ccccc3)c3ccccc3)c3ccc(C(=O)N[C@@H]4CCC[C@](Cc5ccccc5F)(NC=O)C4)cc23)ccn1. The highest BCUT2D eigenvalue weighted by molar-refractivity contribution is 6.02. The predicted molar refractivity (Wildman–Crippen MR) is 214 cm³/mol. The Balaban J connectivity index is 1.24. The molecule has 2 amide bonds. The summed E-state index contributed by atoms with van der Waals surface area (Å²) in [6.07, 6.45) is 5.53. The second-order valence-corrected chi connectivity index (χ2v) is 14.6. The third-order valence-corrected chi connectivity index (χ3v) is 11.0. The normalized spacial score (nSPS) is 17.1. The third-order valence-electron chi connectivity index (χ3n) is 11.0. The maximum absolute atomic E-state index is 14.8. The number of nitrogens with one attached hydrogen (secondary N) is 2. The molecule has 5 aromatic carbocycles. The fourth-order valence-corrected chi connectivity index (χ4v) is 8.55. The molecule has 2 aromatic heterocycles. The van der Waals surface area contributed by atoms with Gasteiger partial charge in [-0.3, -0.25) is 14.6 Å². The summed E-state index contributed by atoms with van der Waals surface area (Å²) in [7, 11) is 0. The molecule has 274 valence electrons. The van der Waals surface area contributed by atoms with E-state index >= 15 is 0 Å². The van der Waals surface area contributed by atoms with Gasteiger partial charge in [-0.15, -0.1) is 0 Å². The number of fused-ring (bicyclic) bond motifs is 1. The van der Waals surface area contributed by atoms with Crippen LogP contribution < -0.4 is 10.6 Å². The summed E-state index contributed by atoms with van der Waals surface area (Å²) in [5.74, 6) is -0.518. The van der Waals surface area contributed by atoms with Crippen molar-refractivity contribution in [1.29, 1.82) is 0 Å². The number of halogens is 1. The Morgan fingerprint density at radius 2 is 1.49 bits per heavy atom. The Bertz CT molecular complexity index is 2350. The van der Waals surface area contributed by atoms with Gasteiger partial charge in [0.2, 0.25) is 6.41 Å². The highest BCUT2D eigenvalue weighted by Crippen LogP contribution is 2.44. The number of hydrogen-bond donors (Lipinski definition) is 2. The molecule has 0 spiro atoms. The van der Waals surface area contributed by atoms with E-state index in [1.165, 1.54) is 6.07 Å². The molecule has 0 radical (unpaired) electrons. The summed E-state index contributed by atoms with van der Waals surface area (Å²) in [6.45, 7) is 1.96. The molecule has 1 aliphatic rings. The number of rotatable bonds is 11. The van der Waals surface area contributed by atoms with Gasteiger partial charge in [0.15, 0.2) is 0 Å². The van der Waals surface area contributed by atoms with Crippen LogP contribution >= 0.6 is 0 Å². The molecule has 0 aliphatic heterocycles. The summed E-state index contributed by atoms with van der Waals surface area (Å²) >= 11 is 0. The second kappa shape index (κ2) is 15.1. The average Bonchev–Trinajstić information content (AvgIpc) is 3.60. The molecule has 8 rings (SSSR count). The van der Waals surface area contributed by atoms with E-state index in [0.717, 1.165) is 57.4 Å². The van der Waals surface area contributed by atoms with Gasteiger partial charge in [0.05, 0.1) is 5.52 Å². The summed E-state index contributed by atoms with van der Waals surface area (Å²) in [6, 6.07) is 47.4. The first-order chi connectivity index (χ1) is 26.9. The van der Waals surface area contributed by atoms with Gasteiger partial charge in [-0.2, -0.15) is 5.10 Å². The van der Waals surface area contributed by atoms with E-state index in [1.807, 2.05) is 55.5 Å². The van der Waals surface area contributed by atoms with E-state index in [1.54, 1.807) is 24.4 Å². The van der Waals surface area contributed by atoms with Crippen molar-refractivity contribution in [1.82, 2.24) is 25.4 Å². The highest BCUT2D eigenvalue weighted by Gasteiger charge is 2.41. The Morgan fingerprint density at radius 1 is 0.855 bits per heavy atom. The lowest BCUT2D eigenvalue weighted by Gasteiger charge is -2.41. The number of amides is 2. The molecule has 0 bridgehead atoms. The Morgan fingerprint density at radius 3 is 2.11 bits per heavy atom. The van der Waals surface area contributed by atoms with Gasteiger partial charge in [-0.1, -0.05) is 109 Å². The molecule has 2 heterocycles. The number of hydrogen-bond acceptors (Lipinski definition) is 4. The molecule has 0 unspecified atom stereocenters. The molecule has 7 nitrogen and oxygen atoms in total. The predicted octanol–water partition coefficient (Wildman–Crippen LogP) is 8.79. The second-order valence-electron chi connectivity index (χ2n) is 14.6. The van der Waals surface area contributed by atoms with Crippen LogP contribution in [0.4, 0.5) is 4.39 Å². The van der Waals surface area contributed by atoms with E-state index in [0.29, 0.717) is 36.8 Å². The molecule has 0 saturated heterocycles. The molecule has 1 fully saturated rings. The van der Waals surface area contributed by atoms with E-state index in [-0.39, 0.29) is 17.8 Å². The lowest BCUT2D eigenvalue weighted by Crippen LogP contribution is -2.54. The highest BCUT2D eigenvalue weighted by atomic mass is 19.1. The number of aryl methyl sites for hydroxylation is 1. The number of benzene rings is 5. The zero-order valence-corrected chi connectivity index (χ0v) is 30.7. The zero-order valence-electron chi connectivity index (χ0n) is 30.7. The molecule has 8 heteroatoms. The minimum atomic E-state index is -0.874. The molecule has 1 saturated carbocycles. The molecule has 7 aromatic rings. The van der Waals surface area contributed by atoms with Crippen LogP contribution in [0.15, 0.2) is 152 Å². The lowest BCUT2D eigenvalue weighted by molar-refractivity contribution is -0.111. The van der Waals surface area contributed by atoms with Crippen LogP contribution in [0.3, 0.4) is 0 Å². The van der Waals surface area contributed by atoms with Crippen molar-refractivity contribution < 1.29 is 14.0 Å². The van der Waals surface area contributed by atoms with E-state index < -0.39 is 11.1 Å². The van der Waals surface area contributed by atoms with Gasteiger partial charge in [-0.25, -0.2) is 9.07 Å². The van der Waals surface area contributed by atoms with Crippen LogP contribution in [-0.2, 0) is 16.8 Å². The topological polar surface area (TPSA) is 88.9 Å². The van der Waals surface area contributed by atoms with Crippen molar-refractivity contribution in [3.63, 3.8) is 0 Å². The van der Waals surface area contributed by atoms with Gasteiger partial charge >= 0.3 is 0 Å². The average molecular weight is 728 g/mol. The fourth-order valence-electron chi connectivity index (χ4n) is 8.55. The van der Waals surface area contributed by atoms with Gasteiger partial charge in [0, 0.05) is 40.0 Å². The van der Waals surface area contributed by atoms with Crippen molar-refractivity contribution in [3.8, 4) is 11.3 Å². The summed E-state index contributed by atoms with van der Waals surface area (Å²) in [4.78, 5) is 30.5.